The Morgan fingerprint density at radius 1 is 1.80 bits per heavy atom. The van der Waals surface area contributed by atoms with Crippen molar-refractivity contribution in [3.63, 3.8) is 0 Å². The molecule has 0 saturated carbocycles. The van der Waals surface area contributed by atoms with Crippen molar-refractivity contribution in [3.05, 3.63) is 11.6 Å². The van der Waals surface area contributed by atoms with Crippen LogP contribution < -0.4 is 0 Å². The van der Waals surface area contributed by atoms with Gasteiger partial charge in [0.25, 0.3) is 0 Å². The Hall–Kier alpha value is -0.630. The Bertz CT molecular complexity index is 170. The van der Waals surface area contributed by atoms with E-state index in [1.54, 1.807) is 7.11 Å². The highest BCUT2D eigenvalue weighted by molar-refractivity contribution is 5.98. The molecule has 0 amide bonds. The van der Waals surface area contributed by atoms with Gasteiger partial charge in [-0.1, -0.05) is 6.92 Å². The molecule has 1 aliphatic carbocycles. The molecule has 1 rings (SSSR count). The third-order valence-electron chi connectivity index (χ3n) is 1.82. The Morgan fingerprint density at radius 2 is 2.50 bits per heavy atom. The van der Waals surface area contributed by atoms with Gasteiger partial charge in [-0.2, -0.15) is 0 Å². The van der Waals surface area contributed by atoms with Gasteiger partial charge in [0.15, 0.2) is 5.78 Å². The number of carbonyl (C=O) groups excluding carboxylic acids is 1. The third-order valence-corrected chi connectivity index (χ3v) is 1.82. The van der Waals surface area contributed by atoms with Gasteiger partial charge in [-0.05, 0) is 18.1 Å². The highest BCUT2D eigenvalue weighted by Crippen LogP contribution is 2.18. The fraction of sp³-hybridized carbons (Fsp3) is 0.625. The second kappa shape index (κ2) is 2.97. The lowest BCUT2D eigenvalue weighted by molar-refractivity contribution is -0.116. The van der Waals surface area contributed by atoms with Gasteiger partial charge in [-0.3, -0.25) is 4.79 Å². The van der Waals surface area contributed by atoms with E-state index >= 15 is 0 Å². The molecule has 0 aliphatic heterocycles. The Balaban J connectivity index is 2.63. The van der Waals surface area contributed by atoms with Crippen LogP contribution in [0.2, 0.25) is 0 Å². The number of ketones is 1. The lowest BCUT2D eigenvalue weighted by Crippen LogP contribution is -2.04. The van der Waals surface area contributed by atoms with Crippen molar-refractivity contribution < 1.29 is 9.53 Å². The smallest absolute Gasteiger partial charge is 0.161 e. The monoisotopic (exact) mass is 140 g/mol. The zero-order valence-electron chi connectivity index (χ0n) is 6.39. The maximum atomic E-state index is 11.0. The molecule has 0 heterocycles. The van der Waals surface area contributed by atoms with Crippen LogP contribution in [0.5, 0.6) is 0 Å². The average molecular weight is 140 g/mol. The van der Waals surface area contributed by atoms with Gasteiger partial charge < -0.3 is 4.74 Å². The van der Waals surface area contributed by atoms with E-state index in [1.165, 1.54) is 0 Å². The standard InChI is InChI=1S/C8H12O2/c1-3-6-4-7(10-2)5-8(6)9/h4,7H,3,5H2,1-2H3. The SMILES string of the molecule is CCC1=CC(OC)CC1=O. The fourth-order valence-electron chi connectivity index (χ4n) is 1.16. The Labute approximate surface area is 60.9 Å². The summed E-state index contributed by atoms with van der Waals surface area (Å²) in [6, 6.07) is 0. The molecule has 10 heavy (non-hydrogen) atoms. The number of carbonyl (C=O) groups is 1. The first-order chi connectivity index (χ1) is 4.77. The van der Waals surface area contributed by atoms with Crippen molar-refractivity contribution >= 4 is 5.78 Å². The maximum absolute atomic E-state index is 11.0. The molecule has 0 aromatic rings. The molecule has 0 bridgehead atoms. The molecule has 0 spiro atoms. The molecule has 1 aliphatic rings. The first-order valence-electron chi connectivity index (χ1n) is 3.54. The van der Waals surface area contributed by atoms with Crippen LogP contribution in [0.25, 0.3) is 0 Å². The summed E-state index contributed by atoms with van der Waals surface area (Å²) < 4.78 is 5.02. The number of hydrogen-bond donors (Lipinski definition) is 0. The Kier molecular flexibility index (Phi) is 2.22. The predicted octanol–water partition coefficient (Wildman–Crippen LogP) is 1.31. The summed E-state index contributed by atoms with van der Waals surface area (Å²) in [5.74, 6) is 0.245. The minimum atomic E-state index is 0.0439. The van der Waals surface area contributed by atoms with E-state index < -0.39 is 0 Å². The van der Waals surface area contributed by atoms with Gasteiger partial charge in [0.2, 0.25) is 0 Å². The molecule has 2 nitrogen and oxygen atoms in total. The number of allylic oxidation sites excluding steroid dienone is 1. The molecule has 56 valence electrons. The lowest BCUT2D eigenvalue weighted by atomic mass is 10.2. The largest absolute Gasteiger partial charge is 0.377 e. The molecule has 1 unspecified atom stereocenters. The van der Waals surface area contributed by atoms with Crippen LogP contribution in [0.15, 0.2) is 11.6 Å². The summed E-state index contributed by atoms with van der Waals surface area (Å²) in [4.78, 5) is 11.0. The first-order valence-corrected chi connectivity index (χ1v) is 3.54. The molecular weight excluding hydrogens is 128 g/mol. The van der Waals surface area contributed by atoms with Gasteiger partial charge in [0.05, 0.1) is 6.10 Å². The van der Waals surface area contributed by atoms with E-state index in [0.29, 0.717) is 6.42 Å². The highest BCUT2D eigenvalue weighted by atomic mass is 16.5. The highest BCUT2D eigenvalue weighted by Gasteiger charge is 2.21. The second-order valence-electron chi connectivity index (χ2n) is 2.45. The summed E-state index contributed by atoms with van der Waals surface area (Å²) >= 11 is 0. The van der Waals surface area contributed by atoms with Crippen LogP contribution in [0.4, 0.5) is 0 Å². The minimum Gasteiger partial charge on any atom is -0.377 e. The quantitative estimate of drug-likeness (QED) is 0.578. The van der Waals surface area contributed by atoms with E-state index in [-0.39, 0.29) is 11.9 Å². The number of rotatable bonds is 2. The number of methoxy groups -OCH3 is 1. The van der Waals surface area contributed by atoms with Crippen molar-refractivity contribution in [2.45, 2.75) is 25.9 Å². The van der Waals surface area contributed by atoms with Crippen LogP contribution in [-0.4, -0.2) is 19.0 Å². The second-order valence-corrected chi connectivity index (χ2v) is 2.45. The van der Waals surface area contributed by atoms with Crippen LogP contribution >= 0.6 is 0 Å². The molecule has 0 saturated heterocycles. The van der Waals surface area contributed by atoms with Crippen LogP contribution in [-0.2, 0) is 9.53 Å². The normalized spacial score (nSPS) is 25.2. The molecular formula is C8H12O2. The van der Waals surface area contributed by atoms with Crippen molar-refractivity contribution in [2.24, 2.45) is 0 Å². The molecule has 0 fully saturated rings. The first kappa shape index (κ1) is 7.48. The van der Waals surface area contributed by atoms with Crippen molar-refractivity contribution in [3.8, 4) is 0 Å². The van der Waals surface area contributed by atoms with Crippen molar-refractivity contribution in [1.82, 2.24) is 0 Å². The van der Waals surface area contributed by atoms with Gasteiger partial charge in [0.1, 0.15) is 0 Å². The van der Waals surface area contributed by atoms with Gasteiger partial charge in [0, 0.05) is 13.5 Å². The van der Waals surface area contributed by atoms with E-state index in [4.69, 9.17) is 4.74 Å². The van der Waals surface area contributed by atoms with E-state index in [0.717, 1.165) is 12.0 Å². The maximum Gasteiger partial charge on any atom is 0.161 e. The minimum absolute atomic E-state index is 0.0439. The zero-order valence-corrected chi connectivity index (χ0v) is 6.39. The van der Waals surface area contributed by atoms with Gasteiger partial charge >= 0.3 is 0 Å². The van der Waals surface area contributed by atoms with Crippen molar-refractivity contribution in [2.75, 3.05) is 7.11 Å². The molecule has 0 aromatic carbocycles. The summed E-state index contributed by atoms with van der Waals surface area (Å²) in [5.41, 5.74) is 0.923. The molecule has 1 atom stereocenters. The van der Waals surface area contributed by atoms with Crippen LogP contribution in [0, 0.1) is 0 Å². The lowest BCUT2D eigenvalue weighted by Gasteiger charge is -1.99. The third kappa shape index (κ3) is 1.27. The average Bonchev–Trinajstić information content (AvgIpc) is 2.30. The Morgan fingerprint density at radius 3 is 2.80 bits per heavy atom. The van der Waals surface area contributed by atoms with E-state index in [9.17, 15) is 4.79 Å². The van der Waals surface area contributed by atoms with Crippen LogP contribution in [0.3, 0.4) is 0 Å². The zero-order chi connectivity index (χ0) is 7.56. The number of Topliss-reactive ketones (excluding diaryl/α,β-unsaturated/α-hetero) is 1. The molecule has 0 aromatic heterocycles. The van der Waals surface area contributed by atoms with Crippen molar-refractivity contribution in [1.29, 1.82) is 0 Å². The van der Waals surface area contributed by atoms with E-state index in [1.807, 2.05) is 13.0 Å². The predicted molar refractivity (Wildman–Crippen MR) is 38.8 cm³/mol. The van der Waals surface area contributed by atoms with Crippen LogP contribution in [0.1, 0.15) is 19.8 Å². The summed E-state index contributed by atoms with van der Waals surface area (Å²) in [6.07, 6.45) is 3.34. The summed E-state index contributed by atoms with van der Waals surface area (Å²) in [6.45, 7) is 1.99. The molecule has 0 radical (unpaired) electrons. The topological polar surface area (TPSA) is 26.3 Å². The van der Waals surface area contributed by atoms with Gasteiger partial charge in [-0.15, -0.1) is 0 Å². The molecule has 2 heteroatoms. The number of hydrogen-bond acceptors (Lipinski definition) is 2. The number of ether oxygens (including phenoxy) is 1. The molecule has 0 N–H and O–H groups in total. The van der Waals surface area contributed by atoms with E-state index in [2.05, 4.69) is 0 Å². The van der Waals surface area contributed by atoms with Gasteiger partial charge in [-0.25, -0.2) is 0 Å². The summed E-state index contributed by atoms with van der Waals surface area (Å²) in [7, 11) is 1.63. The fourth-order valence-corrected chi connectivity index (χ4v) is 1.16. The summed E-state index contributed by atoms with van der Waals surface area (Å²) in [5, 5.41) is 0.